The zero-order valence-electron chi connectivity index (χ0n) is 11.4. The van der Waals surface area contributed by atoms with Gasteiger partial charge in [0.05, 0.1) is 18.8 Å². The smallest absolute Gasteiger partial charge is 0.289 e. The van der Waals surface area contributed by atoms with Gasteiger partial charge in [0, 0.05) is 5.69 Å². The zero-order valence-corrected chi connectivity index (χ0v) is 13.1. The van der Waals surface area contributed by atoms with E-state index in [0.29, 0.717) is 5.69 Å². The largest absolute Gasteiger partial charge is 0.325 e. The van der Waals surface area contributed by atoms with E-state index in [9.17, 15) is 14.4 Å². The number of thioether (sulfide) groups is 1. The van der Waals surface area contributed by atoms with Gasteiger partial charge in [-0.15, -0.1) is 12.4 Å². The highest BCUT2D eigenvalue weighted by atomic mass is 35.5. The average Bonchev–Trinajstić information content (AvgIpc) is 2.73. The molecule has 0 bridgehead atoms. The molecule has 114 valence electrons. The third-order valence-corrected chi connectivity index (χ3v) is 3.61. The first-order valence-electron chi connectivity index (χ1n) is 6.10. The second-order valence-electron chi connectivity index (χ2n) is 4.31. The monoisotopic (exact) mass is 329 g/mol. The minimum Gasteiger partial charge on any atom is -0.325 e. The second kappa shape index (κ2) is 8.02. The van der Waals surface area contributed by atoms with E-state index in [0.717, 1.165) is 17.3 Å². The van der Waals surface area contributed by atoms with Crippen LogP contribution in [0.2, 0.25) is 0 Å². The molecule has 1 aliphatic heterocycles. The number of hydrogen-bond acceptors (Lipinski definition) is 5. The number of benzene rings is 1. The number of hydrogen-bond donors (Lipinski definition) is 2. The molecule has 0 atom stereocenters. The molecule has 21 heavy (non-hydrogen) atoms. The molecule has 0 aromatic heterocycles. The zero-order chi connectivity index (χ0) is 14.5. The van der Waals surface area contributed by atoms with Crippen LogP contribution >= 0.6 is 24.2 Å². The van der Waals surface area contributed by atoms with Gasteiger partial charge in [-0.05, 0) is 24.7 Å². The lowest BCUT2D eigenvalue weighted by Crippen LogP contribution is -2.28. The maximum Gasteiger partial charge on any atom is 0.289 e. The number of carbonyl (C=O) groups excluding carboxylic acids is 3. The molecule has 2 N–H and O–H groups in total. The Labute approximate surface area is 133 Å². The molecule has 2 rings (SSSR count). The highest BCUT2D eigenvalue weighted by Gasteiger charge is 2.29. The van der Waals surface area contributed by atoms with Crippen LogP contribution in [0.25, 0.3) is 0 Å². The van der Waals surface area contributed by atoms with Crippen molar-refractivity contribution in [2.45, 2.75) is 6.54 Å². The number of rotatable bonds is 5. The van der Waals surface area contributed by atoms with Crippen molar-refractivity contribution in [2.75, 3.05) is 24.7 Å². The van der Waals surface area contributed by atoms with Crippen molar-refractivity contribution in [3.05, 3.63) is 29.8 Å². The van der Waals surface area contributed by atoms with E-state index < -0.39 is 0 Å². The summed E-state index contributed by atoms with van der Waals surface area (Å²) < 4.78 is 0. The summed E-state index contributed by atoms with van der Waals surface area (Å²) in [6.07, 6.45) is 0. The summed E-state index contributed by atoms with van der Waals surface area (Å²) in [6, 6.07) is 7.08. The number of amides is 3. The molecule has 0 unspecified atom stereocenters. The van der Waals surface area contributed by atoms with Gasteiger partial charge in [0.2, 0.25) is 11.8 Å². The Morgan fingerprint density at radius 3 is 2.48 bits per heavy atom. The Morgan fingerprint density at radius 1 is 1.29 bits per heavy atom. The number of anilines is 1. The molecule has 0 aliphatic carbocycles. The molecule has 0 radical (unpaired) electrons. The first-order valence-corrected chi connectivity index (χ1v) is 7.09. The van der Waals surface area contributed by atoms with Crippen LogP contribution in [0.1, 0.15) is 5.56 Å². The van der Waals surface area contributed by atoms with Crippen LogP contribution in [0, 0.1) is 0 Å². The topological polar surface area (TPSA) is 78.5 Å². The number of nitrogens with one attached hydrogen (secondary N) is 2. The van der Waals surface area contributed by atoms with Gasteiger partial charge >= 0.3 is 0 Å². The molecule has 1 heterocycles. The van der Waals surface area contributed by atoms with Crippen molar-refractivity contribution in [1.29, 1.82) is 0 Å². The van der Waals surface area contributed by atoms with Gasteiger partial charge in [-0.3, -0.25) is 19.3 Å². The molecule has 1 saturated heterocycles. The SMILES string of the molecule is CNCC(=O)Nc1ccc(CN2C(=O)CSC2=O)cc1.Cl. The van der Waals surface area contributed by atoms with Crippen molar-refractivity contribution >= 4 is 46.9 Å². The molecule has 6 nitrogen and oxygen atoms in total. The Balaban J connectivity index is 0.00000220. The fourth-order valence-corrected chi connectivity index (χ4v) is 2.50. The summed E-state index contributed by atoms with van der Waals surface area (Å²) in [5.41, 5.74) is 1.53. The lowest BCUT2D eigenvalue weighted by Gasteiger charge is -2.13. The summed E-state index contributed by atoms with van der Waals surface area (Å²) in [5.74, 6) is -0.0651. The number of carbonyl (C=O) groups is 3. The molecular weight excluding hydrogens is 314 g/mol. The number of likely N-dealkylation sites (N-methyl/N-ethyl adjacent to an activating group) is 1. The van der Waals surface area contributed by atoms with E-state index >= 15 is 0 Å². The lowest BCUT2D eigenvalue weighted by atomic mass is 10.2. The van der Waals surface area contributed by atoms with E-state index in [4.69, 9.17) is 0 Å². The summed E-state index contributed by atoms with van der Waals surface area (Å²) in [5, 5.41) is 5.28. The molecule has 1 fully saturated rings. The van der Waals surface area contributed by atoms with Crippen LogP contribution in [0.5, 0.6) is 0 Å². The van der Waals surface area contributed by atoms with E-state index in [1.807, 2.05) is 0 Å². The van der Waals surface area contributed by atoms with Crippen molar-refractivity contribution in [3.8, 4) is 0 Å². The van der Waals surface area contributed by atoms with Gasteiger partial charge in [-0.25, -0.2) is 0 Å². The first-order chi connectivity index (χ1) is 9.60. The molecule has 1 aliphatic rings. The van der Waals surface area contributed by atoms with Crippen LogP contribution < -0.4 is 10.6 Å². The second-order valence-corrected chi connectivity index (χ2v) is 5.24. The molecule has 1 aromatic carbocycles. The van der Waals surface area contributed by atoms with Gasteiger partial charge in [-0.2, -0.15) is 0 Å². The van der Waals surface area contributed by atoms with Crippen LogP contribution in [0.15, 0.2) is 24.3 Å². The van der Waals surface area contributed by atoms with Crippen LogP contribution in [0.4, 0.5) is 10.5 Å². The third-order valence-electron chi connectivity index (χ3n) is 2.76. The lowest BCUT2D eigenvalue weighted by molar-refractivity contribution is -0.125. The average molecular weight is 330 g/mol. The fourth-order valence-electron chi connectivity index (χ4n) is 1.78. The summed E-state index contributed by atoms with van der Waals surface area (Å²) in [7, 11) is 1.70. The highest BCUT2D eigenvalue weighted by Crippen LogP contribution is 2.21. The maximum absolute atomic E-state index is 11.5. The van der Waals surface area contributed by atoms with E-state index in [1.54, 1.807) is 31.3 Å². The summed E-state index contributed by atoms with van der Waals surface area (Å²) >= 11 is 1.02. The molecule has 3 amide bonds. The first kappa shape index (κ1) is 17.5. The van der Waals surface area contributed by atoms with Crippen molar-refractivity contribution in [1.82, 2.24) is 10.2 Å². The van der Waals surface area contributed by atoms with Gasteiger partial charge in [0.15, 0.2) is 0 Å². The van der Waals surface area contributed by atoms with Gasteiger partial charge < -0.3 is 10.6 Å². The predicted octanol–water partition coefficient (Wildman–Crippen LogP) is 1.46. The Kier molecular flexibility index (Phi) is 6.67. The van der Waals surface area contributed by atoms with Crippen molar-refractivity contribution in [3.63, 3.8) is 0 Å². The Bertz CT molecular complexity index is 520. The van der Waals surface area contributed by atoms with E-state index in [-0.39, 0.29) is 48.3 Å². The molecule has 1 aromatic rings. The number of halogens is 1. The molecule has 8 heteroatoms. The Morgan fingerprint density at radius 2 is 1.95 bits per heavy atom. The quantitative estimate of drug-likeness (QED) is 0.855. The van der Waals surface area contributed by atoms with E-state index in [1.165, 1.54) is 4.90 Å². The molecule has 0 spiro atoms. The summed E-state index contributed by atoms with van der Waals surface area (Å²) in [4.78, 5) is 35.6. The number of imide groups is 1. The van der Waals surface area contributed by atoms with E-state index in [2.05, 4.69) is 10.6 Å². The van der Waals surface area contributed by atoms with Gasteiger partial charge in [-0.1, -0.05) is 23.9 Å². The normalized spacial score (nSPS) is 14.0. The minimum atomic E-state index is -0.207. The van der Waals surface area contributed by atoms with Crippen LogP contribution in [-0.4, -0.2) is 41.3 Å². The predicted molar refractivity (Wildman–Crippen MR) is 84.7 cm³/mol. The minimum absolute atomic E-state index is 0. The molecule has 0 saturated carbocycles. The standard InChI is InChI=1S/C13H15N3O3S.ClH/c1-14-6-11(17)15-10-4-2-9(3-5-10)7-16-12(18)8-20-13(16)19;/h2-5,14H,6-8H2,1H3,(H,15,17);1H. The van der Waals surface area contributed by atoms with Crippen LogP contribution in [0.3, 0.4) is 0 Å². The molecular formula is C13H16ClN3O3S. The highest BCUT2D eigenvalue weighted by molar-refractivity contribution is 8.14. The number of nitrogens with zero attached hydrogens (tertiary/aromatic N) is 1. The van der Waals surface area contributed by atoms with Crippen molar-refractivity contribution in [2.24, 2.45) is 0 Å². The van der Waals surface area contributed by atoms with Gasteiger partial charge in [0.25, 0.3) is 5.24 Å². The Hall–Kier alpha value is -1.57. The van der Waals surface area contributed by atoms with Gasteiger partial charge in [0.1, 0.15) is 0 Å². The van der Waals surface area contributed by atoms with Crippen LogP contribution in [-0.2, 0) is 16.1 Å². The maximum atomic E-state index is 11.5. The van der Waals surface area contributed by atoms with Crippen molar-refractivity contribution < 1.29 is 14.4 Å². The third kappa shape index (κ3) is 4.73. The summed E-state index contributed by atoms with van der Waals surface area (Å²) in [6.45, 7) is 0.519. The fraction of sp³-hybridized carbons (Fsp3) is 0.308.